The molecule has 0 radical (unpaired) electrons. The maximum Gasteiger partial charge on any atom is 0.291 e. The third kappa shape index (κ3) is 2.69. The Morgan fingerprint density at radius 3 is 2.54 bits per heavy atom. The van der Waals surface area contributed by atoms with Crippen molar-refractivity contribution in [2.75, 3.05) is 19.5 Å². The SMILES string of the molecule is COc1ccccc1NC(=O)c1cc2c(C=O)ccc(OC)c2o1. The van der Waals surface area contributed by atoms with Crippen molar-refractivity contribution >= 4 is 28.8 Å². The molecule has 0 fully saturated rings. The van der Waals surface area contributed by atoms with Crippen molar-refractivity contribution in [1.29, 1.82) is 0 Å². The Morgan fingerprint density at radius 2 is 1.83 bits per heavy atom. The fraction of sp³-hybridized carbons (Fsp3) is 0.111. The van der Waals surface area contributed by atoms with Crippen LogP contribution in [0.3, 0.4) is 0 Å². The third-order valence-electron chi connectivity index (χ3n) is 3.61. The van der Waals surface area contributed by atoms with E-state index in [4.69, 9.17) is 13.9 Å². The molecule has 3 rings (SSSR count). The van der Waals surface area contributed by atoms with Crippen molar-refractivity contribution in [2.24, 2.45) is 0 Å². The number of furan rings is 1. The summed E-state index contributed by atoms with van der Waals surface area (Å²) in [5, 5.41) is 3.25. The molecule has 1 N–H and O–H groups in total. The van der Waals surface area contributed by atoms with E-state index in [1.807, 2.05) is 0 Å². The van der Waals surface area contributed by atoms with Gasteiger partial charge in [-0.1, -0.05) is 12.1 Å². The van der Waals surface area contributed by atoms with Gasteiger partial charge in [-0.3, -0.25) is 9.59 Å². The number of rotatable bonds is 5. The number of benzene rings is 2. The molecule has 6 nitrogen and oxygen atoms in total. The third-order valence-corrected chi connectivity index (χ3v) is 3.61. The lowest BCUT2D eigenvalue weighted by atomic mass is 10.1. The number of methoxy groups -OCH3 is 2. The Kier molecular flexibility index (Phi) is 4.20. The molecule has 6 heteroatoms. The Bertz CT molecular complexity index is 913. The first-order valence-corrected chi connectivity index (χ1v) is 7.18. The molecule has 1 amide bonds. The molecule has 0 aliphatic rings. The summed E-state index contributed by atoms with van der Waals surface area (Å²) in [5.74, 6) is 0.609. The van der Waals surface area contributed by atoms with E-state index in [0.29, 0.717) is 40.0 Å². The monoisotopic (exact) mass is 325 g/mol. The minimum absolute atomic E-state index is 0.0727. The van der Waals surface area contributed by atoms with E-state index in [0.717, 1.165) is 0 Å². The molecule has 0 aliphatic heterocycles. The van der Waals surface area contributed by atoms with Gasteiger partial charge in [0.1, 0.15) is 5.75 Å². The Morgan fingerprint density at radius 1 is 1.08 bits per heavy atom. The van der Waals surface area contributed by atoms with Crippen molar-refractivity contribution in [3.8, 4) is 11.5 Å². The number of aldehydes is 1. The van der Waals surface area contributed by atoms with Crippen molar-refractivity contribution in [3.63, 3.8) is 0 Å². The molecule has 0 unspecified atom stereocenters. The molecular weight excluding hydrogens is 310 g/mol. The van der Waals surface area contributed by atoms with Crippen LogP contribution >= 0.6 is 0 Å². The van der Waals surface area contributed by atoms with Crippen LogP contribution < -0.4 is 14.8 Å². The van der Waals surface area contributed by atoms with E-state index in [2.05, 4.69) is 5.32 Å². The molecule has 24 heavy (non-hydrogen) atoms. The Balaban J connectivity index is 2.00. The number of ether oxygens (including phenoxy) is 2. The number of hydrogen-bond acceptors (Lipinski definition) is 5. The first-order chi connectivity index (χ1) is 11.7. The average molecular weight is 325 g/mol. The minimum atomic E-state index is -0.449. The molecule has 0 saturated heterocycles. The van der Waals surface area contributed by atoms with Gasteiger partial charge in [-0.2, -0.15) is 0 Å². The van der Waals surface area contributed by atoms with E-state index < -0.39 is 5.91 Å². The second kappa shape index (κ2) is 6.45. The highest BCUT2D eigenvalue weighted by molar-refractivity contribution is 6.08. The zero-order valence-electron chi connectivity index (χ0n) is 13.2. The van der Waals surface area contributed by atoms with Crippen LogP contribution in [0.5, 0.6) is 11.5 Å². The summed E-state index contributed by atoms with van der Waals surface area (Å²) < 4.78 is 16.0. The summed E-state index contributed by atoms with van der Waals surface area (Å²) in [5.41, 5.74) is 1.30. The normalized spacial score (nSPS) is 10.4. The quantitative estimate of drug-likeness (QED) is 0.726. The molecule has 3 aromatic rings. The molecule has 0 spiro atoms. The predicted molar refractivity (Wildman–Crippen MR) is 89.1 cm³/mol. The van der Waals surface area contributed by atoms with Gasteiger partial charge in [-0.05, 0) is 30.3 Å². The highest BCUT2D eigenvalue weighted by atomic mass is 16.5. The first-order valence-electron chi connectivity index (χ1n) is 7.18. The van der Waals surface area contributed by atoms with Crippen LogP contribution in [0.15, 0.2) is 46.9 Å². The maximum atomic E-state index is 12.5. The highest BCUT2D eigenvalue weighted by Gasteiger charge is 2.18. The van der Waals surface area contributed by atoms with Gasteiger partial charge in [0, 0.05) is 10.9 Å². The fourth-order valence-corrected chi connectivity index (χ4v) is 2.43. The molecule has 0 aliphatic carbocycles. The van der Waals surface area contributed by atoms with E-state index in [-0.39, 0.29) is 5.76 Å². The number of carbonyl (C=O) groups excluding carboxylic acids is 2. The summed E-state index contributed by atoms with van der Waals surface area (Å²) in [6.45, 7) is 0. The molecule has 2 aromatic carbocycles. The summed E-state index contributed by atoms with van der Waals surface area (Å²) in [6.07, 6.45) is 0.708. The zero-order chi connectivity index (χ0) is 17.1. The summed E-state index contributed by atoms with van der Waals surface area (Å²) in [6, 6.07) is 11.8. The number of carbonyl (C=O) groups is 2. The number of para-hydroxylation sites is 2. The Labute approximate surface area is 138 Å². The smallest absolute Gasteiger partial charge is 0.291 e. The maximum absolute atomic E-state index is 12.5. The van der Waals surface area contributed by atoms with Crippen molar-refractivity contribution in [3.05, 3.63) is 53.8 Å². The van der Waals surface area contributed by atoms with Crippen LogP contribution in [0.4, 0.5) is 5.69 Å². The molecule has 1 heterocycles. The van der Waals surface area contributed by atoms with Gasteiger partial charge in [0.15, 0.2) is 23.4 Å². The number of amides is 1. The molecular formula is C18H15NO5. The summed E-state index contributed by atoms with van der Waals surface area (Å²) in [7, 11) is 3.01. The minimum Gasteiger partial charge on any atom is -0.495 e. The first kappa shape index (κ1) is 15.6. The highest BCUT2D eigenvalue weighted by Crippen LogP contribution is 2.32. The van der Waals surface area contributed by atoms with Gasteiger partial charge in [-0.25, -0.2) is 0 Å². The van der Waals surface area contributed by atoms with Crippen LogP contribution in [0.25, 0.3) is 11.0 Å². The van der Waals surface area contributed by atoms with Gasteiger partial charge in [0.05, 0.1) is 19.9 Å². The number of nitrogens with one attached hydrogen (secondary N) is 1. The van der Waals surface area contributed by atoms with Crippen LogP contribution in [-0.4, -0.2) is 26.4 Å². The fourth-order valence-electron chi connectivity index (χ4n) is 2.43. The summed E-state index contributed by atoms with van der Waals surface area (Å²) in [4.78, 5) is 23.6. The van der Waals surface area contributed by atoms with E-state index >= 15 is 0 Å². The molecule has 0 saturated carbocycles. The molecule has 1 aromatic heterocycles. The zero-order valence-corrected chi connectivity index (χ0v) is 13.2. The van der Waals surface area contributed by atoms with E-state index in [9.17, 15) is 9.59 Å². The molecule has 0 bridgehead atoms. The van der Waals surface area contributed by atoms with E-state index in [1.54, 1.807) is 36.4 Å². The largest absolute Gasteiger partial charge is 0.495 e. The number of anilines is 1. The lowest BCUT2D eigenvalue weighted by Gasteiger charge is -2.08. The molecule has 122 valence electrons. The van der Waals surface area contributed by atoms with Gasteiger partial charge >= 0.3 is 0 Å². The second-order valence-electron chi connectivity index (χ2n) is 4.98. The standard InChI is InChI=1S/C18H15NO5/c1-22-14-6-4-3-5-13(14)19-18(21)16-9-12-11(10-20)7-8-15(23-2)17(12)24-16/h3-10H,1-2H3,(H,19,21). The van der Waals surface area contributed by atoms with Gasteiger partial charge in [-0.15, -0.1) is 0 Å². The number of hydrogen-bond donors (Lipinski definition) is 1. The lowest BCUT2D eigenvalue weighted by Crippen LogP contribution is -2.11. The van der Waals surface area contributed by atoms with Gasteiger partial charge in [0.25, 0.3) is 5.91 Å². The number of fused-ring (bicyclic) bond motifs is 1. The van der Waals surface area contributed by atoms with Crippen molar-refractivity contribution in [2.45, 2.75) is 0 Å². The van der Waals surface area contributed by atoms with E-state index in [1.165, 1.54) is 20.3 Å². The van der Waals surface area contributed by atoms with Crippen molar-refractivity contribution in [1.82, 2.24) is 0 Å². The second-order valence-corrected chi connectivity index (χ2v) is 4.98. The Hall–Kier alpha value is -3.28. The van der Waals surface area contributed by atoms with Crippen LogP contribution in [0.2, 0.25) is 0 Å². The summed E-state index contributed by atoms with van der Waals surface area (Å²) >= 11 is 0. The molecule has 0 atom stereocenters. The van der Waals surface area contributed by atoms with Crippen molar-refractivity contribution < 1.29 is 23.5 Å². The van der Waals surface area contributed by atoms with Crippen LogP contribution in [0.1, 0.15) is 20.9 Å². The van der Waals surface area contributed by atoms with Crippen LogP contribution in [0, 0.1) is 0 Å². The van der Waals surface area contributed by atoms with Crippen LogP contribution in [-0.2, 0) is 0 Å². The average Bonchev–Trinajstić information content (AvgIpc) is 3.07. The van der Waals surface area contributed by atoms with Gasteiger partial charge < -0.3 is 19.2 Å². The lowest BCUT2D eigenvalue weighted by molar-refractivity contribution is 0.0997. The topological polar surface area (TPSA) is 77.8 Å². The predicted octanol–water partition coefficient (Wildman–Crippen LogP) is 3.51. The van der Waals surface area contributed by atoms with Gasteiger partial charge in [0.2, 0.25) is 0 Å².